The van der Waals surface area contributed by atoms with Gasteiger partial charge in [0.25, 0.3) is 0 Å². The molecule has 1 fully saturated rings. The van der Waals surface area contributed by atoms with E-state index in [-0.39, 0.29) is 43.6 Å². The number of nitrogens with zero attached hydrogens (tertiary/aromatic N) is 3. The number of hydrogen-bond donors (Lipinski definition) is 0. The van der Waals surface area contributed by atoms with E-state index in [4.69, 9.17) is 4.74 Å². The summed E-state index contributed by atoms with van der Waals surface area (Å²) in [5.74, 6) is -0.329. The van der Waals surface area contributed by atoms with Crippen molar-refractivity contribution in [1.29, 1.82) is 5.26 Å². The van der Waals surface area contributed by atoms with Crippen LogP contribution in [0, 0.1) is 17.2 Å². The van der Waals surface area contributed by atoms with E-state index in [2.05, 4.69) is 65.9 Å². The molecule has 174 valence electrons. The minimum atomic E-state index is -0.295. The molecule has 6 heteroatoms. The minimum absolute atomic E-state index is 0.0407. The monoisotopic (exact) mass is 519 g/mol. The molecule has 2 aliphatic rings. The zero-order chi connectivity index (χ0) is 23.8. The van der Waals surface area contributed by atoms with Crippen molar-refractivity contribution in [3.8, 4) is 6.07 Å². The Morgan fingerprint density at radius 2 is 1.97 bits per heavy atom. The van der Waals surface area contributed by atoms with E-state index >= 15 is 0 Å². The molecule has 2 bridgehead atoms. The number of fused-ring (bicyclic) bond motifs is 6. The quantitative estimate of drug-likeness (QED) is 0.290. The van der Waals surface area contributed by atoms with Crippen LogP contribution >= 0.6 is 0 Å². The Balaban J connectivity index is 1.59. The summed E-state index contributed by atoms with van der Waals surface area (Å²) in [5.41, 5.74) is 4.72. The van der Waals surface area contributed by atoms with Gasteiger partial charge in [0.2, 0.25) is 0 Å². The second kappa shape index (κ2) is 9.43. The molecule has 0 amide bonds. The van der Waals surface area contributed by atoms with Crippen LogP contribution < -0.4 is 4.46 Å². The van der Waals surface area contributed by atoms with E-state index in [1.54, 1.807) is 0 Å². The standard InChI is InChI=1S/C28H29N3O2Se/c1-4-18-16-31(17-20(15-29)34-19-10-6-5-7-11-19)24-14-22(18)26(28(32)33-3)25-21-12-8-9-13-23(21)30(2)27(24)25/h4-13,20,22,24,26H,14,16-17H2,1-3H3/b18-4-/t20?,22-,24-,26+/m0/s1. The average molecular weight is 519 g/mol. The SMILES string of the molecule is C/C=C1/CN(CC(C#N)[Se]c2ccccc2)[C@H]2C[C@@H]1[C@@H](C(=O)OC)c1c2n(C)c2ccccc12. The summed E-state index contributed by atoms with van der Waals surface area (Å²) in [6.45, 7) is 3.57. The van der Waals surface area contributed by atoms with Crippen LogP contribution in [0.3, 0.4) is 0 Å². The molecule has 2 heterocycles. The van der Waals surface area contributed by atoms with Crippen LogP contribution in [-0.4, -0.2) is 50.6 Å². The van der Waals surface area contributed by atoms with Crippen LogP contribution in [0.2, 0.25) is 4.82 Å². The van der Waals surface area contributed by atoms with Gasteiger partial charge >= 0.3 is 207 Å². The molecule has 0 spiro atoms. The van der Waals surface area contributed by atoms with Crippen LogP contribution in [0.15, 0.2) is 66.2 Å². The van der Waals surface area contributed by atoms with Crippen LogP contribution in [0.1, 0.15) is 36.6 Å². The van der Waals surface area contributed by atoms with Gasteiger partial charge in [-0.1, -0.05) is 0 Å². The molecule has 5 nitrogen and oxygen atoms in total. The number of hydrogen-bond acceptors (Lipinski definition) is 4. The van der Waals surface area contributed by atoms with Gasteiger partial charge in [-0.2, -0.15) is 0 Å². The molecule has 5 rings (SSSR count). The molecular weight excluding hydrogens is 489 g/mol. The molecule has 34 heavy (non-hydrogen) atoms. The molecule has 0 N–H and O–H groups in total. The fourth-order valence-corrected chi connectivity index (χ4v) is 7.92. The third kappa shape index (κ3) is 3.78. The summed E-state index contributed by atoms with van der Waals surface area (Å²) < 4.78 is 8.85. The van der Waals surface area contributed by atoms with E-state index in [0.717, 1.165) is 36.0 Å². The number of piperidine rings is 1. The number of aryl methyl sites for hydroxylation is 1. The van der Waals surface area contributed by atoms with Crippen molar-refractivity contribution in [2.45, 2.75) is 30.1 Å². The number of aromatic nitrogens is 1. The number of ether oxygens (including phenoxy) is 1. The maximum atomic E-state index is 13.1. The molecule has 4 atom stereocenters. The van der Waals surface area contributed by atoms with Crippen molar-refractivity contribution in [1.82, 2.24) is 9.47 Å². The Hall–Kier alpha value is -2.84. The Morgan fingerprint density at radius 3 is 2.68 bits per heavy atom. The third-order valence-electron chi connectivity index (χ3n) is 7.39. The fraction of sp³-hybridized carbons (Fsp3) is 0.357. The van der Waals surface area contributed by atoms with Crippen molar-refractivity contribution in [2.75, 3.05) is 20.2 Å². The number of benzene rings is 2. The number of nitriles is 1. The number of allylic oxidation sites excluding steroid dienone is 1. The topological polar surface area (TPSA) is 58.3 Å². The molecule has 2 aromatic carbocycles. The molecular formula is C28H29N3O2Se. The van der Waals surface area contributed by atoms with Crippen molar-refractivity contribution in [3.63, 3.8) is 0 Å². The van der Waals surface area contributed by atoms with Gasteiger partial charge in [0.05, 0.1) is 0 Å². The van der Waals surface area contributed by atoms with Crippen LogP contribution in [-0.2, 0) is 16.6 Å². The Bertz CT molecular complexity index is 1290. The first kappa shape index (κ1) is 22.9. The van der Waals surface area contributed by atoms with Crippen LogP contribution in [0.4, 0.5) is 0 Å². The second-order valence-corrected chi connectivity index (χ2v) is 11.8. The molecule has 3 aromatic rings. The van der Waals surface area contributed by atoms with E-state index in [1.807, 2.05) is 24.3 Å². The first-order chi connectivity index (χ1) is 16.6. The van der Waals surface area contributed by atoms with Gasteiger partial charge in [0.15, 0.2) is 0 Å². The van der Waals surface area contributed by atoms with E-state index in [0.29, 0.717) is 0 Å². The van der Waals surface area contributed by atoms with Gasteiger partial charge in [-0.25, -0.2) is 0 Å². The van der Waals surface area contributed by atoms with E-state index in [9.17, 15) is 10.1 Å². The Morgan fingerprint density at radius 1 is 1.24 bits per heavy atom. The van der Waals surface area contributed by atoms with E-state index < -0.39 is 0 Å². The molecule has 1 aliphatic carbocycles. The number of carbonyl (C=O) groups excluding carboxylic acids is 1. The van der Waals surface area contributed by atoms with Gasteiger partial charge < -0.3 is 0 Å². The second-order valence-electron chi connectivity index (χ2n) is 9.08. The van der Waals surface area contributed by atoms with Gasteiger partial charge in [0, 0.05) is 0 Å². The molecule has 0 saturated carbocycles. The molecule has 1 unspecified atom stereocenters. The summed E-state index contributed by atoms with van der Waals surface area (Å²) in [6, 6.07) is 21.5. The average Bonchev–Trinajstić information content (AvgIpc) is 3.17. The predicted molar refractivity (Wildman–Crippen MR) is 135 cm³/mol. The predicted octanol–water partition coefficient (Wildman–Crippen LogP) is 4.10. The van der Waals surface area contributed by atoms with Gasteiger partial charge in [-0.15, -0.1) is 0 Å². The molecule has 0 radical (unpaired) electrons. The van der Waals surface area contributed by atoms with Gasteiger partial charge in [-0.05, 0) is 0 Å². The summed E-state index contributed by atoms with van der Waals surface area (Å²) in [4.78, 5) is 15.6. The zero-order valence-corrected chi connectivity index (χ0v) is 21.5. The summed E-state index contributed by atoms with van der Waals surface area (Å²) in [6.07, 6.45) is 3.04. The normalized spacial score (nSPS) is 23.9. The van der Waals surface area contributed by atoms with Gasteiger partial charge in [-0.3, -0.25) is 0 Å². The number of para-hydroxylation sites is 1. The molecule has 1 aromatic heterocycles. The summed E-state index contributed by atoms with van der Waals surface area (Å²) in [7, 11) is 3.60. The first-order valence-corrected chi connectivity index (χ1v) is 13.6. The number of rotatable bonds is 5. The third-order valence-corrected chi connectivity index (χ3v) is 9.67. The zero-order valence-electron chi connectivity index (χ0n) is 19.8. The number of methoxy groups -OCH3 is 1. The molecule has 1 saturated heterocycles. The van der Waals surface area contributed by atoms with Crippen molar-refractivity contribution in [3.05, 3.63) is 77.5 Å². The summed E-state index contributed by atoms with van der Waals surface area (Å²) >= 11 is 0.0773. The fourth-order valence-electron chi connectivity index (χ4n) is 5.90. The maximum absolute atomic E-state index is 13.1. The van der Waals surface area contributed by atoms with Crippen LogP contribution in [0.25, 0.3) is 10.9 Å². The Labute approximate surface area is 207 Å². The number of likely N-dealkylation sites (tertiary alicyclic amines) is 1. The van der Waals surface area contributed by atoms with Crippen molar-refractivity contribution >= 4 is 36.3 Å². The van der Waals surface area contributed by atoms with E-state index in [1.165, 1.54) is 22.8 Å². The number of esters is 1. The van der Waals surface area contributed by atoms with Crippen molar-refractivity contribution < 1.29 is 9.53 Å². The first-order valence-electron chi connectivity index (χ1n) is 11.7. The Kier molecular flexibility index (Phi) is 6.36. The molecule has 1 aliphatic heterocycles. The number of carbonyl (C=O) groups is 1. The van der Waals surface area contributed by atoms with Crippen LogP contribution in [0.5, 0.6) is 0 Å². The van der Waals surface area contributed by atoms with Gasteiger partial charge in [0.1, 0.15) is 0 Å². The van der Waals surface area contributed by atoms with Crippen molar-refractivity contribution in [2.24, 2.45) is 13.0 Å². The summed E-state index contributed by atoms with van der Waals surface area (Å²) in [5, 5.41) is 11.2.